The summed E-state index contributed by atoms with van der Waals surface area (Å²) in [6, 6.07) is 0.945. The summed E-state index contributed by atoms with van der Waals surface area (Å²) >= 11 is 0. The molecule has 0 aliphatic carbocycles. The van der Waals surface area contributed by atoms with E-state index in [-0.39, 0.29) is 30.1 Å². The first-order valence-corrected chi connectivity index (χ1v) is 11.1. The minimum Gasteiger partial charge on any atom is -0.373 e. The van der Waals surface area contributed by atoms with E-state index in [2.05, 4.69) is 15.3 Å². The Morgan fingerprint density at radius 2 is 1.93 bits per heavy atom. The number of alkyl halides is 2. The van der Waals surface area contributed by atoms with Crippen LogP contribution in [0.25, 0.3) is 0 Å². The molecule has 2 fully saturated rings. The van der Waals surface area contributed by atoms with Crippen molar-refractivity contribution >= 4 is 11.7 Å². The molecule has 3 aliphatic heterocycles. The smallest absolute Gasteiger partial charge is 0.260 e. The van der Waals surface area contributed by atoms with E-state index in [1.165, 1.54) is 4.68 Å². The molecule has 30 heavy (non-hydrogen) atoms. The van der Waals surface area contributed by atoms with Crippen LogP contribution in [-0.2, 0) is 9.53 Å². The van der Waals surface area contributed by atoms with Crippen LogP contribution in [0.2, 0.25) is 0 Å². The summed E-state index contributed by atoms with van der Waals surface area (Å²) < 4.78 is 34.5. The highest BCUT2D eigenvalue weighted by Crippen LogP contribution is 2.36. The standard InChI is InChI=1S/C21H33F2N5O2/c1-13-8-19-24-17(9-18(21(22)23)28(19)25-13)16-4-6-27(7-5-16)20(29)12-26-10-14(2)30-15(3)11-26/h8,14-18,21,24H,4-7,9-12H2,1-3H3/t14-,15+,17-,18+/m0/s1. The predicted molar refractivity (Wildman–Crippen MR) is 110 cm³/mol. The van der Waals surface area contributed by atoms with Crippen LogP contribution in [0.5, 0.6) is 0 Å². The van der Waals surface area contributed by atoms with Crippen LogP contribution >= 0.6 is 0 Å². The third-order valence-electron chi connectivity index (χ3n) is 6.61. The first kappa shape index (κ1) is 21.5. The molecule has 4 atom stereocenters. The summed E-state index contributed by atoms with van der Waals surface area (Å²) in [5.41, 5.74) is 0.746. The van der Waals surface area contributed by atoms with E-state index in [4.69, 9.17) is 4.74 Å². The Bertz CT molecular complexity index is 740. The number of ether oxygens (including phenoxy) is 1. The number of aryl methyl sites for hydroxylation is 1. The van der Waals surface area contributed by atoms with Crippen molar-refractivity contribution in [2.45, 2.75) is 70.8 Å². The minimum atomic E-state index is -2.44. The molecule has 0 aromatic carbocycles. The number of carbonyl (C=O) groups excluding carboxylic acids is 1. The molecule has 0 unspecified atom stereocenters. The Labute approximate surface area is 176 Å². The van der Waals surface area contributed by atoms with Crippen molar-refractivity contribution in [2.24, 2.45) is 5.92 Å². The molecular formula is C21H33F2N5O2. The van der Waals surface area contributed by atoms with E-state index in [0.29, 0.717) is 31.9 Å². The summed E-state index contributed by atoms with van der Waals surface area (Å²) in [6.45, 7) is 9.26. The first-order chi connectivity index (χ1) is 14.3. The highest BCUT2D eigenvalue weighted by atomic mass is 19.3. The number of piperidine rings is 1. The average molecular weight is 426 g/mol. The molecule has 7 nitrogen and oxygen atoms in total. The van der Waals surface area contributed by atoms with Gasteiger partial charge < -0.3 is 15.0 Å². The van der Waals surface area contributed by atoms with Crippen LogP contribution in [0.15, 0.2) is 6.07 Å². The number of hydrogen-bond acceptors (Lipinski definition) is 5. The van der Waals surface area contributed by atoms with Gasteiger partial charge in [0.05, 0.1) is 24.4 Å². The van der Waals surface area contributed by atoms with Crippen LogP contribution < -0.4 is 5.32 Å². The number of fused-ring (bicyclic) bond motifs is 1. The van der Waals surface area contributed by atoms with Gasteiger partial charge in [-0.15, -0.1) is 0 Å². The third kappa shape index (κ3) is 4.61. The highest BCUT2D eigenvalue weighted by Gasteiger charge is 2.38. The van der Waals surface area contributed by atoms with Crippen LogP contribution in [0.3, 0.4) is 0 Å². The number of morpholine rings is 1. The molecule has 0 bridgehead atoms. The van der Waals surface area contributed by atoms with Gasteiger partial charge in [-0.25, -0.2) is 13.5 Å². The summed E-state index contributed by atoms with van der Waals surface area (Å²) in [6.07, 6.45) is -0.111. The van der Waals surface area contributed by atoms with E-state index in [9.17, 15) is 13.6 Å². The molecule has 2 saturated heterocycles. The predicted octanol–water partition coefficient (Wildman–Crippen LogP) is 2.53. The number of amides is 1. The monoisotopic (exact) mass is 425 g/mol. The summed E-state index contributed by atoms with van der Waals surface area (Å²) in [5.74, 6) is 1.12. The zero-order valence-electron chi connectivity index (χ0n) is 18.1. The zero-order valence-corrected chi connectivity index (χ0v) is 18.1. The number of carbonyl (C=O) groups is 1. The molecule has 4 rings (SSSR count). The topological polar surface area (TPSA) is 62.6 Å². The Morgan fingerprint density at radius 1 is 1.27 bits per heavy atom. The minimum absolute atomic E-state index is 0.00852. The van der Waals surface area contributed by atoms with Gasteiger partial charge >= 0.3 is 0 Å². The number of nitrogens with one attached hydrogen (secondary N) is 1. The zero-order chi connectivity index (χ0) is 21.4. The van der Waals surface area contributed by atoms with E-state index in [1.54, 1.807) is 0 Å². The molecule has 1 aromatic rings. The molecule has 0 spiro atoms. The maximum absolute atomic E-state index is 13.6. The lowest BCUT2D eigenvalue weighted by Crippen LogP contribution is -2.51. The van der Waals surface area contributed by atoms with Gasteiger partial charge in [-0.2, -0.15) is 5.10 Å². The van der Waals surface area contributed by atoms with Gasteiger partial charge in [-0.3, -0.25) is 9.69 Å². The second-order valence-corrected chi connectivity index (χ2v) is 9.17. The molecule has 1 amide bonds. The van der Waals surface area contributed by atoms with Crippen molar-refractivity contribution in [3.8, 4) is 0 Å². The molecule has 3 aliphatic rings. The van der Waals surface area contributed by atoms with Gasteiger partial charge in [-0.1, -0.05) is 0 Å². The molecule has 168 valence electrons. The third-order valence-corrected chi connectivity index (χ3v) is 6.61. The number of anilines is 1. The van der Waals surface area contributed by atoms with Crippen molar-refractivity contribution in [1.82, 2.24) is 19.6 Å². The van der Waals surface area contributed by atoms with Crippen molar-refractivity contribution < 1.29 is 18.3 Å². The molecule has 0 radical (unpaired) electrons. The summed E-state index contributed by atoms with van der Waals surface area (Å²) in [7, 11) is 0. The number of hydrogen-bond donors (Lipinski definition) is 1. The normalized spacial score (nSPS) is 30.9. The van der Waals surface area contributed by atoms with Crippen LogP contribution in [0.4, 0.5) is 14.6 Å². The Morgan fingerprint density at radius 3 is 2.57 bits per heavy atom. The number of nitrogens with zero attached hydrogens (tertiary/aromatic N) is 4. The van der Waals surface area contributed by atoms with Crippen LogP contribution in [-0.4, -0.2) is 82.9 Å². The first-order valence-electron chi connectivity index (χ1n) is 11.1. The molecule has 0 saturated carbocycles. The maximum Gasteiger partial charge on any atom is 0.260 e. The molecule has 1 N–H and O–H groups in total. The van der Waals surface area contributed by atoms with Gasteiger partial charge in [0.25, 0.3) is 6.43 Å². The molecule has 9 heteroatoms. The van der Waals surface area contributed by atoms with Gasteiger partial charge in [0.1, 0.15) is 11.9 Å². The van der Waals surface area contributed by atoms with Crippen LogP contribution in [0, 0.1) is 12.8 Å². The van der Waals surface area contributed by atoms with Crippen molar-refractivity contribution in [3.05, 3.63) is 11.8 Å². The van der Waals surface area contributed by atoms with Gasteiger partial charge in [0.2, 0.25) is 5.91 Å². The Hall–Kier alpha value is -1.74. The maximum atomic E-state index is 13.6. The van der Waals surface area contributed by atoms with Crippen molar-refractivity contribution in [1.29, 1.82) is 0 Å². The Balaban J connectivity index is 1.32. The number of halogens is 2. The quantitative estimate of drug-likeness (QED) is 0.803. The second kappa shape index (κ2) is 8.78. The van der Waals surface area contributed by atoms with Crippen molar-refractivity contribution in [2.75, 3.05) is 38.0 Å². The lowest BCUT2D eigenvalue weighted by atomic mass is 9.85. The summed E-state index contributed by atoms with van der Waals surface area (Å²) in [5, 5.41) is 7.68. The molecule has 4 heterocycles. The number of aromatic nitrogens is 2. The number of rotatable bonds is 4. The molecule has 1 aromatic heterocycles. The highest BCUT2D eigenvalue weighted by molar-refractivity contribution is 5.78. The van der Waals surface area contributed by atoms with E-state index < -0.39 is 12.5 Å². The average Bonchev–Trinajstić information content (AvgIpc) is 3.06. The van der Waals surface area contributed by atoms with E-state index >= 15 is 0 Å². The van der Waals surface area contributed by atoms with E-state index in [0.717, 1.165) is 31.6 Å². The lowest BCUT2D eigenvalue weighted by molar-refractivity contribution is -0.137. The molecular weight excluding hydrogens is 392 g/mol. The van der Waals surface area contributed by atoms with E-state index in [1.807, 2.05) is 31.7 Å². The largest absolute Gasteiger partial charge is 0.373 e. The van der Waals surface area contributed by atoms with Crippen molar-refractivity contribution in [3.63, 3.8) is 0 Å². The SMILES string of the molecule is Cc1cc2n(n1)[C@@H](C(F)F)C[C@@H](C1CCN(C(=O)CN3C[C@@H](C)O[C@@H](C)C3)CC1)N2. The summed E-state index contributed by atoms with van der Waals surface area (Å²) in [4.78, 5) is 16.9. The fourth-order valence-corrected chi connectivity index (χ4v) is 5.26. The lowest BCUT2D eigenvalue weighted by Gasteiger charge is -2.41. The van der Waals surface area contributed by atoms with Gasteiger partial charge in [0.15, 0.2) is 0 Å². The number of likely N-dealkylation sites (tertiary alicyclic amines) is 1. The Kier molecular flexibility index (Phi) is 6.29. The van der Waals surface area contributed by atoms with Gasteiger partial charge in [0, 0.05) is 38.3 Å². The fourth-order valence-electron chi connectivity index (χ4n) is 5.26. The second-order valence-electron chi connectivity index (χ2n) is 9.17. The van der Waals surface area contributed by atoms with Crippen LogP contribution in [0.1, 0.15) is 44.8 Å². The van der Waals surface area contributed by atoms with Gasteiger partial charge in [-0.05, 0) is 46.0 Å². The fraction of sp³-hybridized carbons (Fsp3) is 0.810.